The Morgan fingerprint density at radius 3 is 2.57 bits per heavy atom. The average Bonchev–Trinajstić information content (AvgIpc) is 3.55. The number of aromatic nitrogens is 2. The van der Waals surface area contributed by atoms with Crippen molar-refractivity contribution in [3.63, 3.8) is 0 Å². The van der Waals surface area contributed by atoms with E-state index in [4.69, 9.17) is 14.6 Å². The van der Waals surface area contributed by atoms with Gasteiger partial charge in [-0.05, 0) is 48.9 Å². The molecular weight excluding hydrogens is 442 g/mol. The molecule has 2 aromatic carbocycles. The first-order valence-corrected chi connectivity index (χ1v) is 12.4. The van der Waals surface area contributed by atoms with Crippen LogP contribution in [0.1, 0.15) is 18.9 Å². The predicted molar refractivity (Wildman–Crippen MR) is 135 cm³/mol. The Kier molecular flexibility index (Phi) is 7.30. The Morgan fingerprint density at radius 2 is 1.77 bits per heavy atom. The third-order valence-corrected chi connectivity index (χ3v) is 6.74. The van der Waals surface area contributed by atoms with Gasteiger partial charge in [0.25, 0.3) is 0 Å². The molecule has 1 saturated heterocycles. The SMILES string of the molecule is CCN1CCN(CCNC(=O)CCc2cn(-c3ccccc3)nc2-c2ccc3c(c2)OCO3)CC1. The third kappa shape index (κ3) is 5.66. The van der Waals surface area contributed by atoms with Crippen LogP contribution in [0.4, 0.5) is 0 Å². The van der Waals surface area contributed by atoms with Gasteiger partial charge in [0, 0.05) is 57.4 Å². The Balaban J connectivity index is 1.23. The summed E-state index contributed by atoms with van der Waals surface area (Å²) in [6, 6.07) is 15.9. The van der Waals surface area contributed by atoms with E-state index in [1.807, 2.05) is 59.4 Å². The maximum Gasteiger partial charge on any atom is 0.231 e. The summed E-state index contributed by atoms with van der Waals surface area (Å²) in [6.07, 6.45) is 3.05. The Bertz CT molecular complexity index is 1140. The number of rotatable bonds is 9. The smallest absolute Gasteiger partial charge is 0.231 e. The van der Waals surface area contributed by atoms with Crippen molar-refractivity contribution >= 4 is 5.91 Å². The van der Waals surface area contributed by atoms with Crippen molar-refractivity contribution < 1.29 is 14.3 Å². The van der Waals surface area contributed by atoms with Gasteiger partial charge in [-0.1, -0.05) is 25.1 Å². The molecular formula is C27H33N5O3. The number of carbonyl (C=O) groups excluding carboxylic acids is 1. The number of hydrogen-bond acceptors (Lipinski definition) is 6. The van der Waals surface area contributed by atoms with Crippen LogP contribution in [0.3, 0.4) is 0 Å². The Labute approximate surface area is 206 Å². The van der Waals surface area contributed by atoms with E-state index in [0.29, 0.717) is 19.4 Å². The highest BCUT2D eigenvalue weighted by Gasteiger charge is 2.19. The first-order valence-electron chi connectivity index (χ1n) is 12.4. The van der Waals surface area contributed by atoms with Gasteiger partial charge in [0.2, 0.25) is 12.7 Å². The molecule has 3 heterocycles. The van der Waals surface area contributed by atoms with Crippen LogP contribution in [0.15, 0.2) is 54.7 Å². The third-order valence-electron chi connectivity index (χ3n) is 6.74. The molecule has 0 spiro atoms. The largest absolute Gasteiger partial charge is 0.454 e. The summed E-state index contributed by atoms with van der Waals surface area (Å²) in [5.74, 6) is 1.54. The molecule has 0 bridgehead atoms. The number of carbonyl (C=O) groups is 1. The van der Waals surface area contributed by atoms with Crippen molar-refractivity contribution in [3.05, 3.63) is 60.3 Å². The van der Waals surface area contributed by atoms with E-state index in [2.05, 4.69) is 22.0 Å². The number of hydrogen-bond donors (Lipinski definition) is 1. The van der Waals surface area contributed by atoms with Gasteiger partial charge in [-0.25, -0.2) is 4.68 Å². The predicted octanol–water partition coefficient (Wildman–Crippen LogP) is 2.95. The molecule has 3 aromatic rings. The van der Waals surface area contributed by atoms with Crippen LogP contribution in [0.2, 0.25) is 0 Å². The summed E-state index contributed by atoms with van der Waals surface area (Å²) in [4.78, 5) is 17.5. The van der Waals surface area contributed by atoms with Crippen LogP contribution < -0.4 is 14.8 Å². The highest BCUT2D eigenvalue weighted by Crippen LogP contribution is 2.36. The molecule has 0 radical (unpaired) electrons. The lowest BCUT2D eigenvalue weighted by Crippen LogP contribution is -2.48. The van der Waals surface area contributed by atoms with Gasteiger partial charge in [0.05, 0.1) is 11.4 Å². The molecule has 8 heteroatoms. The number of aryl methyl sites for hydroxylation is 1. The Morgan fingerprint density at radius 1 is 1.00 bits per heavy atom. The highest BCUT2D eigenvalue weighted by molar-refractivity contribution is 5.77. The molecule has 2 aliphatic rings. The van der Waals surface area contributed by atoms with E-state index in [-0.39, 0.29) is 12.7 Å². The van der Waals surface area contributed by atoms with Gasteiger partial charge in [-0.2, -0.15) is 5.10 Å². The first-order chi connectivity index (χ1) is 17.2. The molecule has 1 amide bonds. The van der Waals surface area contributed by atoms with Crippen LogP contribution in [-0.2, 0) is 11.2 Å². The van der Waals surface area contributed by atoms with E-state index in [0.717, 1.165) is 73.3 Å². The van der Waals surface area contributed by atoms with Crippen molar-refractivity contribution in [1.29, 1.82) is 0 Å². The van der Waals surface area contributed by atoms with E-state index >= 15 is 0 Å². The molecule has 184 valence electrons. The highest BCUT2D eigenvalue weighted by atomic mass is 16.7. The van der Waals surface area contributed by atoms with Crippen LogP contribution in [0.5, 0.6) is 11.5 Å². The molecule has 1 aromatic heterocycles. The maximum atomic E-state index is 12.6. The number of nitrogens with zero attached hydrogens (tertiary/aromatic N) is 4. The topological polar surface area (TPSA) is 71.9 Å². The molecule has 0 saturated carbocycles. The fourth-order valence-corrected chi connectivity index (χ4v) is 4.61. The molecule has 0 aliphatic carbocycles. The molecule has 1 N–H and O–H groups in total. The second-order valence-corrected chi connectivity index (χ2v) is 8.98. The number of para-hydroxylation sites is 1. The lowest BCUT2D eigenvalue weighted by Gasteiger charge is -2.33. The number of ether oxygens (including phenoxy) is 2. The van der Waals surface area contributed by atoms with E-state index in [1.165, 1.54) is 0 Å². The van der Waals surface area contributed by atoms with E-state index in [9.17, 15) is 4.79 Å². The van der Waals surface area contributed by atoms with Crippen molar-refractivity contribution in [2.75, 3.05) is 52.6 Å². The standard InChI is InChI=1S/C27H33N5O3/c1-2-30-14-16-31(17-15-30)13-12-28-26(33)11-9-22-19-32(23-6-4-3-5-7-23)29-27(22)21-8-10-24-25(18-21)35-20-34-24/h3-8,10,18-19H,2,9,11-17,20H2,1H3,(H,28,33). The second-order valence-electron chi connectivity index (χ2n) is 8.98. The summed E-state index contributed by atoms with van der Waals surface area (Å²) in [7, 11) is 0. The quantitative estimate of drug-likeness (QED) is 0.513. The number of fused-ring (bicyclic) bond motifs is 1. The van der Waals surface area contributed by atoms with Crippen molar-refractivity contribution in [2.24, 2.45) is 0 Å². The minimum Gasteiger partial charge on any atom is -0.454 e. The van der Waals surface area contributed by atoms with Crippen molar-refractivity contribution in [2.45, 2.75) is 19.8 Å². The van der Waals surface area contributed by atoms with Gasteiger partial charge in [-0.15, -0.1) is 0 Å². The lowest BCUT2D eigenvalue weighted by molar-refractivity contribution is -0.121. The van der Waals surface area contributed by atoms with Gasteiger partial charge in [-0.3, -0.25) is 9.69 Å². The lowest BCUT2D eigenvalue weighted by atomic mass is 10.0. The molecule has 8 nitrogen and oxygen atoms in total. The fraction of sp³-hybridized carbons (Fsp3) is 0.407. The number of nitrogens with one attached hydrogen (secondary N) is 1. The second kappa shape index (κ2) is 10.9. The van der Waals surface area contributed by atoms with Gasteiger partial charge >= 0.3 is 0 Å². The molecule has 0 atom stereocenters. The fourth-order valence-electron chi connectivity index (χ4n) is 4.61. The minimum absolute atomic E-state index is 0.0706. The van der Waals surface area contributed by atoms with Crippen molar-refractivity contribution in [1.82, 2.24) is 24.9 Å². The summed E-state index contributed by atoms with van der Waals surface area (Å²) in [5.41, 5.74) is 3.81. The average molecular weight is 476 g/mol. The molecule has 1 fully saturated rings. The zero-order valence-electron chi connectivity index (χ0n) is 20.3. The number of piperazine rings is 1. The van der Waals surface area contributed by atoms with Gasteiger partial charge < -0.3 is 19.7 Å². The maximum absolute atomic E-state index is 12.6. The monoisotopic (exact) mass is 475 g/mol. The molecule has 2 aliphatic heterocycles. The van der Waals surface area contributed by atoms with Gasteiger partial charge in [0.1, 0.15) is 0 Å². The summed E-state index contributed by atoms with van der Waals surface area (Å²) in [5, 5.41) is 7.97. The van der Waals surface area contributed by atoms with E-state index in [1.54, 1.807) is 0 Å². The normalized spacial score (nSPS) is 15.9. The van der Waals surface area contributed by atoms with E-state index < -0.39 is 0 Å². The Hall–Kier alpha value is -3.36. The molecule has 35 heavy (non-hydrogen) atoms. The summed E-state index contributed by atoms with van der Waals surface area (Å²) >= 11 is 0. The molecule has 5 rings (SSSR count). The van der Waals surface area contributed by atoms with Crippen LogP contribution in [-0.4, -0.2) is 78.1 Å². The van der Waals surface area contributed by atoms with Gasteiger partial charge in [0.15, 0.2) is 11.5 Å². The zero-order valence-corrected chi connectivity index (χ0v) is 20.3. The minimum atomic E-state index is 0.0706. The first kappa shape index (κ1) is 23.4. The number of benzene rings is 2. The number of likely N-dealkylation sites (N-methyl/N-ethyl adjacent to an activating group) is 1. The molecule has 0 unspecified atom stereocenters. The number of amides is 1. The zero-order chi connectivity index (χ0) is 24.0. The van der Waals surface area contributed by atoms with Crippen LogP contribution >= 0.6 is 0 Å². The van der Waals surface area contributed by atoms with Crippen molar-refractivity contribution in [3.8, 4) is 28.4 Å². The van der Waals surface area contributed by atoms with Crippen LogP contribution in [0.25, 0.3) is 16.9 Å². The summed E-state index contributed by atoms with van der Waals surface area (Å²) < 4.78 is 12.9. The van der Waals surface area contributed by atoms with Crippen LogP contribution in [0, 0.1) is 0 Å². The summed E-state index contributed by atoms with van der Waals surface area (Å²) in [6.45, 7) is 9.50.